The smallest absolute Gasteiger partial charge is 0.263 e. The fourth-order valence-electron chi connectivity index (χ4n) is 4.43. The molecule has 2 aliphatic rings. The molecule has 1 N–H and O–H groups in total. The molecule has 2 aliphatic heterocycles. The number of carbonyl (C=O) groups is 2. The second kappa shape index (κ2) is 10.4. The van der Waals surface area contributed by atoms with Crippen molar-refractivity contribution in [3.05, 3.63) is 58.3 Å². The number of thiophene rings is 1. The van der Waals surface area contributed by atoms with E-state index >= 15 is 0 Å². The third-order valence-electron chi connectivity index (χ3n) is 6.37. The highest BCUT2D eigenvalue weighted by molar-refractivity contribution is 7.12. The van der Waals surface area contributed by atoms with Crippen LogP contribution in [0.15, 0.2) is 47.8 Å². The zero-order valence-corrected chi connectivity index (χ0v) is 19.0. The lowest BCUT2D eigenvalue weighted by atomic mass is 9.95. The Morgan fingerprint density at radius 1 is 1.06 bits per heavy atom. The first-order valence-corrected chi connectivity index (χ1v) is 12.1. The minimum absolute atomic E-state index is 0.0412. The van der Waals surface area contributed by atoms with Crippen LogP contribution in [-0.2, 0) is 4.79 Å². The number of benzene rings is 1. The number of carbonyl (C=O) groups excluding carboxylic acids is 2. The third-order valence-corrected chi connectivity index (χ3v) is 7.22. The number of piperazine rings is 1. The molecule has 2 unspecified atom stereocenters. The molecule has 1 aromatic heterocycles. The number of nitrogens with zero attached hydrogens (tertiary/aromatic N) is 3. The number of likely N-dealkylation sites (N-methyl/N-ethyl adjacent to an activating group) is 1. The maximum absolute atomic E-state index is 13.3. The molecule has 2 fully saturated rings. The van der Waals surface area contributed by atoms with Crippen molar-refractivity contribution in [2.75, 3.05) is 52.9 Å². The molecule has 2 amide bonds. The van der Waals surface area contributed by atoms with Crippen LogP contribution in [0.25, 0.3) is 0 Å². The minimum atomic E-state index is -0.156. The quantitative estimate of drug-likeness (QED) is 0.751. The van der Waals surface area contributed by atoms with Crippen molar-refractivity contribution in [3.63, 3.8) is 0 Å². The zero-order valence-electron chi connectivity index (χ0n) is 18.2. The highest BCUT2D eigenvalue weighted by Crippen LogP contribution is 2.23. The first kappa shape index (κ1) is 22.0. The van der Waals surface area contributed by atoms with Crippen molar-refractivity contribution < 1.29 is 9.59 Å². The first-order chi connectivity index (χ1) is 15.1. The average Bonchev–Trinajstić information content (AvgIpc) is 3.35. The van der Waals surface area contributed by atoms with Gasteiger partial charge in [0.05, 0.1) is 16.8 Å². The van der Waals surface area contributed by atoms with Crippen molar-refractivity contribution in [1.29, 1.82) is 0 Å². The Labute approximate surface area is 188 Å². The van der Waals surface area contributed by atoms with Crippen molar-refractivity contribution in [2.24, 2.45) is 5.92 Å². The Balaban J connectivity index is 1.41. The van der Waals surface area contributed by atoms with E-state index in [0.29, 0.717) is 6.54 Å². The van der Waals surface area contributed by atoms with E-state index in [1.807, 2.05) is 40.6 Å². The van der Waals surface area contributed by atoms with Crippen LogP contribution in [0.3, 0.4) is 0 Å². The molecule has 31 heavy (non-hydrogen) atoms. The van der Waals surface area contributed by atoms with Crippen LogP contribution in [0.2, 0.25) is 0 Å². The van der Waals surface area contributed by atoms with Gasteiger partial charge in [0.15, 0.2) is 0 Å². The van der Waals surface area contributed by atoms with Gasteiger partial charge in [0, 0.05) is 45.8 Å². The van der Waals surface area contributed by atoms with Gasteiger partial charge in [-0.05, 0) is 36.9 Å². The standard InChI is InChI=1S/C24H32N4O2S/c1-26-12-14-27(15-13-26)18-21(19-7-3-2-4-8-19)25-23(29)20-9-5-11-28(17-20)24(30)22-10-6-16-31-22/h2-4,6-8,10,16,20-21H,5,9,11-15,17-18H2,1H3,(H,25,29). The fraction of sp³-hybridized carbons (Fsp3) is 0.500. The van der Waals surface area contributed by atoms with Crippen molar-refractivity contribution >= 4 is 23.2 Å². The summed E-state index contributed by atoms with van der Waals surface area (Å²) in [6.45, 7) is 6.18. The average molecular weight is 441 g/mol. The SMILES string of the molecule is CN1CCN(CC(NC(=O)C2CCCN(C(=O)c3cccs3)C2)c2ccccc2)CC1. The van der Waals surface area contributed by atoms with Gasteiger partial charge >= 0.3 is 0 Å². The molecule has 2 atom stereocenters. The van der Waals surface area contributed by atoms with E-state index < -0.39 is 0 Å². The number of nitrogens with one attached hydrogen (secondary N) is 1. The van der Waals surface area contributed by atoms with Crippen molar-refractivity contribution in [3.8, 4) is 0 Å². The van der Waals surface area contributed by atoms with Crippen LogP contribution >= 0.6 is 11.3 Å². The van der Waals surface area contributed by atoms with Crippen LogP contribution in [0.5, 0.6) is 0 Å². The summed E-state index contributed by atoms with van der Waals surface area (Å²) in [4.78, 5) is 33.4. The Morgan fingerprint density at radius 3 is 2.55 bits per heavy atom. The molecule has 1 aromatic carbocycles. The van der Waals surface area contributed by atoms with E-state index in [1.165, 1.54) is 11.3 Å². The highest BCUT2D eigenvalue weighted by atomic mass is 32.1. The lowest BCUT2D eigenvalue weighted by Crippen LogP contribution is -2.50. The molecule has 4 rings (SSSR count). The van der Waals surface area contributed by atoms with Crippen LogP contribution < -0.4 is 5.32 Å². The number of piperidine rings is 1. The molecule has 0 bridgehead atoms. The second-order valence-corrected chi connectivity index (χ2v) is 9.59. The van der Waals surface area contributed by atoms with Gasteiger partial charge in [0.1, 0.15) is 0 Å². The van der Waals surface area contributed by atoms with Gasteiger partial charge in [0.2, 0.25) is 5.91 Å². The molecule has 0 saturated carbocycles. The maximum Gasteiger partial charge on any atom is 0.263 e. The normalized spacial score (nSPS) is 21.6. The summed E-state index contributed by atoms with van der Waals surface area (Å²) in [5.74, 6) is -0.0485. The van der Waals surface area contributed by atoms with Gasteiger partial charge < -0.3 is 15.1 Å². The van der Waals surface area contributed by atoms with Crippen molar-refractivity contribution in [1.82, 2.24) is 20.0 Å². The van der Waals surface area contributed by atoms with Gasteiger partial charge in [-0.15, -0.1) is 11.3 Å². The molecular formula is C24H32N4O2S. The molecule has 0 spiro atoms. The van der Waals surface area contributed by atoms with E-state index in [4.69, 9.17) is 0 Å². The van der Waals surface area contributed by atoms with E-state index in [9.17, 15) is 9.59 Å². The molecule has 6 nitrogen and oxygen atoms in total. The van der Waals surface area contributed by atoms with E-state index in [-0.39, 0.29) is 23.8 Å². The lowest BCUT2D eigenvalue weighted by Gasteiger charge is -2.36. The number of rotatable bonds is 6. The summed E-state index contributed by atoms with van der Waals surface area (Å²) in [5, 5.41) is 5.25. The summed E-state index contributed by atoms with van der Waals surface area (Å²) < 4.78 is 0. The van der Waals surface area contributed by atoms with E-state index in [1.54, 1.807) is 0 Å². The maximum atomic E-state index is 13.3. The second-order valence-electron chi connectivity index (χ2n) is 8.64. The fourth-order valence-corrected chi connectivity index (χ4v) is 5.12. The Hall–Kier alpha value is -2.22. The summed E-state index contributed by atoms with van der Waals surface area (Å²) in [7, 11) is 2.15. The molecule has 2 aromatic rings. The summed E-state index contributed by atoms with van der Waals surface area (Å²) in [5.41, 5.74) is 1.14. The van der Waals surface area contributed by atoms with Crippen molar-refractivity contribution in [2.45, 2.75) is 18.9 Å². The molecule has 166 valence electrons. The van der Waals surface area contributed by atoms with Crippen LogP contribution in [0.4, 0.5) is 0 Å². The minimum Gasteiger partial charge on any atom is -0.348 e. The molecular weight excluding hydrogens is 408 g/mol. The van der Waals surface area contributed by atoms with Gasteiger partial charge in [-0.1, -0.05) is 36.4 Å². The Kier molecular flexibility index (Phi) is 7.37. The van der Waals surface area contributed by atoms with Gasteiger partial charge in [-0.25, -0.2) is 0 Å². The Morgan fingerprint density at radius 2 is 1.84 bits per heavy atom. The van der Waals surface area contributed by atoms with Gasteiger partial charge in [0.25, 0.3) is 5.91 Å². The summed E-state index contributed by atoms with van der Waals surface area (Å²) >= 11 is 1.46. The largest absolute Gasteiger partial charge is 0.348 e. The third kappa shape index (κ3) is 5.73. The molecule has 7 heteroatoms. The summed E-state index contributed by atoms with van der Waals surface area (Å²) in [6.07, 6.45) is 1.69. The molecule has 3 heterocycles. The number of likely N-dealkylation sites (tertiary alicyclic amines) is 1. The van der Waals surface area contributed by atoms with Crippen LogP contribution in [-0.4, -0.2) is 79.4 Å². The Bertz CT molecular complexity index is 850. The number of hydrogen-bond acceptors (Lipinski definition) is 5. The van der Waals surface area contributed by atoms with Gasteiger partial charge in [-0.2, -0.15) is 0 Å². The monoisotopic (exact) mass is 440 g/mol. The highest BCUT2D eigenvalue weighted by Gasteiger charge is 2.31. The predicted molar refractivity (Wildman–Crippen MR) is 124 cm³/mol. The van der Waals surface area contributed by atoms with Crippen LogP contribution in [0, 0.1) is 5.92 Å². The molecule has 0 radical (unpaired) electrons. The topological polar surface area (TPSA) is 55.9 Å². The van der Waals surface area contributed by atoms with Gasteiger partial charge in [-0.3, -0.25) is 14.5 Å². The van der Waals surface area contributed by atoms with Crippen LogP contribution in [0.1, 0.15) is 34.1 Å². The lowest BCUT2D eigenvalue weighted by molar-refractivity contribution is -0.127. The van der Waals surface area contributed by atoms with E-state index in [2.05, 4.69) is 34.3 Å². The van der Waals surface area contributed by atoms with E-state index in [0.717, 1.165) is 62.6 Å². The number of amides is 2. The zero-order chi connectivity index (χ0) is 21.6. The predicted octanol–water partition coefficient (Wildman–Crippen LogP) is 2.71. The first-order valence-electron chi connectivity index (χ1n) is 11.2. The number of hydrogen-bond donors (Lipinski definition) is 1. The summed E-state index contributed by atoms with van der Waals surface area (Å²) in [6, 6.07) is 14.0. The molecule has 2 saturated heterocycles. The molecule has 0 aliphatic carbocycles.